The second-order valence-electron chi connectivity index (χ2n) is 6.35. The minimum Gasteiger partial charge on any atom is -0.327 e. The molecule has 0 aliphatic carbocycles. The lowest BCUT2D eigenvalue weighted by molar-refractivity contribution is 0.108. The summed E-state index contributed by atoms with van der Waals surface area (Å²) in [6.07, 6.45) is 5.16. The molecule has 0 bridgehead atoms. The Morgan fingerprint density at radius 1 is 1.25 bits per heavy atom. The van der Waals surface area contributed by atoms with Gasteiger partial charge in [-0.05, 0) is 43.7 Å². The number of hydrogen-bond donors (Lipinski definition) is 1. The Morgan fingerprint density at radius 3 is 2.25 bits per heavy atom. The van der Waals surface area contributed by atoms with Gasteiger partial charge in [0, 0.05) is 12.6 Å². The fraction of sp³-hybridized carbons (Fsp3) is 1.00. The second kappa shape index (κ2) is 6.02. The lowest BCUT2D eigenvalue weighted by Gasteiger charge is -2.39. The summed E-state index contributed by atoms with van der Waals surface area (Å²) in [7, 11) is 0. The van der Waals surface area contributed by atoms with E-state index >= 15 is 0 Å². The molecule has 2 N–H and O–H groups in total. The van der Waals surface area contributed by atoms with Crippen molar-refractivity contribution in [2.24, 2.45) is 17.1 Å². The third-order valence-corrected chi connectivity index (χ3v) is 4.18. The first-order chi connectivity index (χ1) is 7.45. The van der Waals surface area contributed by atoms with Crippen LogP contribution in [0.4, 0.5) is 0 Å². The molecule has 1 aliphatic heterocycles. The van der Waals surface area contributed by atoms with Crippen molar-refractivity contribution in [1.29, 1.82) is 0 Å². The number of nitrogens with zero attached hydrogens (tertiary/aromatic N) is 1. The number of piperidine rings is 1. The summed E-state index contributed by atoms with van der Waals surface area (Å²) >= 11 is 0. The van der Waals surface area contributed by atoms with Crippen molar-refractivity contribution in [3.05, 3.63) is 0 Å². The van der Waals surface area contributed by atoms with Crippen LogP contribution >= 0.6 is 0 Å². The van der Waals surface area contributed by atoms with E-state index in [0.29, 0.717) is 11.5 Å². The van der Waals surface area contributed by atoms with E-state index in [2.05, 4.69) is 32.6 Å². The molecule has 1 aliphatic rings. The normalized spacial score (nSPS) is 23.6. The maximum Gasteiger partial charge on any atom is 0.0170 e. The maximum atomic E-state index is 6.16. The van der Waals surface area contributed by atoms with Gasteiger partial charge in [-0.1, -0.05) is 34.1 Å². The molecular weight excluding hydrogens is 196 g/mol. The average molecular weight is 226 g/mol. The van der Waals surface area contributed by atoms with E-state index < -0.39 is 0 Å². The first-order valence-corrected chi connectivity index (χ1v) is 6.93. The van der Waals surface area contributed by atoms with Gasteiger partial charge in [0.1, 0.15) is 0 Å². The minimum absolute atomic E-state index is 0.367. The zero-order valence-electron chi connectivity index (χ0n) is 11.6. The molecule has 16 heavy (non-hydrogen) atoms. The molecule has 2 heteroatoms. The Balaban J connectivity index is 2.26. The van der Waals surface area contributed by atoms with Crippen LogP contribution in [0.3, 0.4) is 0 Å². The minimum atomic E-state index is 0.367. The number of nitrogens with two attached hydrogens (primary N) is 1. The number of hydrogen-bond acceptors (Lipinski definition) is 2. The first kappa shape index (κ1) is 14.0. The van der Waals surface area contributed by atoms with Gasteiger partial charge >= 0.3 is 0 Å². The van der Waals surface area contributed by atoms with E-state index in [1.54, 1.807) is 0 Å². The summed E-state index contributed by atoms with van der Waals surface area (Å²) in [6, 6.07) is 0.367. The van der Waals surface area contributed by atoms with Gasteiger partial charge in [0.25, 0.3) is 0 Å². The number of rotatable bonds is 5. The van der Waals surface area contributed by atoms with E-state index in [9.17, 15) is 0 Å². The van der Waals surface area contributed by atoms with Crippen molar-refractivity contribution >= 4 is 0 Å². The fourth-order valence-corrected chi connectivity index (χ4v) is 2.64. The second-order valence-corrected chi connectivity index (χ2v) is 6.35. The van der Waals surface area contributed by atoms with Crippen LogP contribution in [-0.2, 0) is 0 Å². The topological polar surface area (TPSA) is 29.3 Å². The molecular formula is C14H30N2. The van der Waals surface area contributed by atoms with Crippen LogP contribution in [0.15, 0.2) is 0 Å². The summed E-state index contributed by atoms with van der Waals surface area (Å²) in [5.74, 6) is 0.723. The van der Waals surface area contributed by atoms with Crippen molar-refractivity contribution in [3.63, 3.8) is 0 Å². The molecule has 1 heterocycles. The van der Waals surface area contributed by atoms with Gasteiger partial charge in [0.05, 0.1) is 0 Å². The highest BCUT2D eigenvalue weighted by Gasteiger charge is 2.28. The van der Waals surface area contributed by atoms with E-state index in [1.807, 2.05) is 0 Å². The molecule has 0 radical (unpaired) electrons. The van der Waals surface area contributed by atoms with Crippen LogP contribution in [-0.4, -0.2) is 30.6 Å². The van der Waals surface area contributed by atoms with Gasteiger partial charge in [-0.3, -0.25) is 0 Å². The Hall–Kier alpha value is -0.0800. The highest BCUT2D eigenvalue weighted by atomic mass is 15.1. The predicted molar refractivity (Wildman–Crippen MR) is 71.5 cm³/mol. The monoisotopic (exact) mass is 226 g/mol. The Bertz CT molecular complexity index is 193. The molecule has 0 saturated carbocycles. The average Bonchev–Trinajstić information content (AvgIpc) is 2.21. The molecule has 1 rings (SSSR count). The highest BCUT2D eigenvalue weighted by Crippen LogP contribution is 2.33. The lowest BCUT2D eigenvalue weighted by Crippen LogP contribution is -2.44. The van der Waals surface area contributed by atoms with Gasteiger partial charge in [0.15, 0.2) is 0 Å². The zero-order valence-corrected chi connectivity index (χ0v) is 11.6. The zero-order chi connectivity index (χ0) is 12.2. The summed E-state index contributed by atoms with van der Waals surface area (Å²) in [5.41, 5.74) is 6.76. The highest BCUT2D eigenvalue weighted by molar-refractivity contribution is 4.82. The molecule has 1 fully saturated rings. The van der Waals surface area contributed by atoms with E-state index in [0.717, 1.165) is 18.9 Å². The molecule has 0 aromatic heterocycles. The van der Waals surface area contributed by atoms with Gasteiger partial charge in [-0.2, -0.15) is 0 Å². The summed E-state index contributed by atoms with van der Waals surface area (Å²) in [5, 5.41) is 0. The van der Waals surface area contributed by atoms with E-state index in [4.69, 9.17) is 5.73 Å². The Morgan fingerprint density at radius 2 is 1.81 bits per heavy atom. The Kier molecular flexibility index (Phi) is 5.26. The molecule has 1 atom stereocenters. The molecule has 0 aromatic rings. The maximum absolute atomic E-state index is 6.16. The van der Waals surface area contributed by atoms with Crippen LogP contribution in [0.1, 0.15) is 53.4 Å². The van der Waals surface area contributed by atoms with Crippen LogP contribution in [0.25, 0.3) is 0 Å². The van der Waals surface area contributed by atoms with Crippen molar-refractivity contribution in [3.8, 4) is 0 Å². The van der Waals surface area contributed by atoms with Crippen molar-refractivity contribution < 1.29 is 0 Å². The van der Waals surface area contributed by atoms with Crippen molar-refractivity contribution in [2.45, 2.75) is 59.4 Å². The van der Waals surface area contributed by atoms with E-state index in [1.165, 1.54) is 32.4 Å². The molecule has 96 valence electrons. The van der Waals surface area contributed by atoms with Crippen LogP contribution in [0.2, 0.25) is 0 Å². The smallest absolute Gasteiger partial charge is 0.0170 e. The van der Waals surface area contributed by atoms with Crippen LogP contribution in [0.5, 0.6) is 0 Å². The summed E-state index contributed by atoms with van der Waals surface area (Å²) in [4.78, 5) is 2.56. The first-order valence-electron chi connectivity index (χ1n) is 6.93. The molecule has 1 saturated heterocycles. The molecule has 1 unspecified atom stereocenters. The van der Waals surface area contributed by atoms with E-state index in [-0.39, 0.29) is 0 Å². The summed E-state index contributed by atoms with van der Waals surface area (Å²) < 4.78 is 0. The predicted octanol–water partition coefficient (Wildman–Crippen LogP) is 2.87. The molecule has 0 spiro atoms. The van der Waals surface area contributed by atoms with Crippen LogP contribution in [0, 0.1) is 11.3 Å². The van der Waals surface area contributed by atoms with Gasteiger partial charge in [0.2, 0.25) is 0 Å². The third-order valence-electron chi connectivity index (χ3n) is 4.18. The summed E-state index contributed by atoms with van der Waals surface area (Å²) in [6.45, 7) is 12.8. The standard InChI is InChI=1S/C14H30N2/c1-5-14(4)6-8-16(9-7-14)11-13(15)10-12(2)3/h12-13H,5-11,15H2,1-4H3. The largest absolute Gasteiger partial charge is 0.327 e. The van der Waals surface area contributed by atoms with Gasteiger partial charge < -0.3 is 10.6 Å². The van der Waals surface area contributed by atoms with Gasteiger partial charge in [-0.25, -0.2) is 0 Å². The third kappa shape index (κ3) is 4.42. The molecule has 2 nitrogen and oxygen atoms in total. The molecule has 0 amide bonds. The molecule has 0 aromatic carbocycles. The SMILES string of the molecule is CCC1(C)CCN(CC(N)CC(C)C)CC1. The number of likely N-dealkylation sites (tertiary alicyclic amines) is 1. The quantitative estimate of drug-likeness (QED) is 0.781. The Labute approximate surface area is 102 Å². The fourth-order valence-electron chi connectivity index (χ4n) is 2.64. The van der Waals surface area contributed by atoms with Gasteiger partial charge in [-0.15, -0.1) is 0 Å². The van der Waals surface area contributed by atoms with Crippen molar-refractivity contribution in [1.82, 2.24) is 4.90 Å². The van der Waals surface area contributed by atoms with Crippen molar-refractivity contribution in [2.75, 3.05) is 19.6 Å². The van der Waals surface area contributed by atoms with Crippen LogP contribution < -0.4 is 5.73 Å². The lowest BCUT2D eigenvalue weighted by atomic mass is 9.78.